The fourth-order valence-corrected chi connectivity index (χ4v) is 2.82. The van der Waals surface area contributed by atoms with Gasteiger partial charge in [-0.25, -0.2) is 4.98 Å². The number of aromatic nitrogens is 3. The van der Waals surface area contributed by atoms with Crippen molar-refractivity contribution in [2.45, 2.75) is 6.92 Å². The SMILES string of the molecule is Cc1noc2ncnc(N3CCN(C(=O)c4ccco4)CC3)c12. The van der Waals surface area contributed by atoms with Crippen LogP contribution >= 0.6 is 0 Å². The van der Waals surface area contributed by atoms with Gasteiger partial charge in [0.1, 0.15) is 17.5 Å². The Balaban J connectivity index is 1.53. The van der Waals surface area contributed by atoms with E-state index in [4.69, 9.17) is 8.94 Å². The van der Waals surface area contributed by atoms with E-state index in [1.54, 1.807) is 17.0 Å². The van der Waals surface area contributed by atoms with E-state index in [2.05, 4.69) is 20.0 Å². The third-order valence-electron chi connectivity index (χ3n) is 4.02. The van der Waals surface area contributed by atoms with Crippen LogP contribution in [0.5, 0.6) is 0 Å². The number of rotatable bonds is 2. The molecule has 23 heavy (non-hydrogen) atoms. The second kappa shape index (κ2) is 5.38. The predicted octanol–water partition coefficient (Wildman–Crippen LogP) is 1.48. The summed E-state index contributed by atoms with van der Waals surface area (Å²) in [5.41, 5.74) is 1.26. The number of amides is 1. The molecule has 1 aliphatic rings. The van der Waals surface area contributed by atoms with Crippen molar-refractivity contribution in [3.63, 3.8) is 0 Å². The van der Waals surface area contributed by atoms with Crippen LogP contribution in [0.2, 0.25) is 0 Å². The van der Waals surface area contributed by atoms with E-state index in [0.29, 0.717) is 37.7 Å². The highest BCUT2D eigenvalue weighted by atomic mass is 16.5. The Labute approximate surface area is 131 Å². The molecule has 0 bridgehead atoms. The Bertz CT molecular complexity index is 834. The molecule has 4 rings (SSSR count). The smallest absolute Gasteiger partial charge is 0.289 e. The Morgan fingerprint density at radius 3 is 2.78 bits per heavy atom. The molecule has 4 heterocycles. The van der Waals surface area contributed by atoms with E-state index >= 15 is 0 Å². The van der Waals surface area contributed by atoms with Crippen molar-refractivity contribution in [1.29, 1.82) is 0 Å². The third-order valence-corrected chi connectivity index (χ3v) is 4.02. The summed E-state index contributed by atoms with van der Waals surface area (Å²) in [6.45, 7) is 4.45. The van der Waals surface area contributed by atoms with Gasteiger partial charge in [-0.1, -0.05) is 5.16 Å². The standard InChI is InChI=1S/C15H15N5O3/c1-10-12-13(16-9-17-14(12)23-18-10)19-4-6-20(7-5-19)15(21)11-3-2-8-22-11/h2-3,8-9H,4-7H2,1H3. The number of hydrogen-bond donors (Lipinski definition) is 0. The Hall–Kier alpha value is -2.90. The lowest BCUT2D eigenvalue weighted by Gasteiger charge is -2.35. The second-order valence-corrected chi connectivity index (χ2v) is 5.40. The minimum Gasteiger partial charge on any atom is -0.459 e. The molecule has 1 fully saturated rings. The Morgan fingerprint density at radius 2 is 2.04 bits per heavy atom. The molecule has 118 valence electrons. The number of furan rings is 1. The minimum atomic E-state index is -0.0800. The molecular weight excluding hydrogens is 298 g/mol. The van der Waals surface area contributed by atoms with Crippen molar-refractivity contribution in [3.05, 3.63) is 36.2 Å². The summed E-state index contributed by atoms with van der Waals surface area (Å²) in [5.74, 6) is 1.10. The van der Waals surface area contributed by atoms with Crippen LogP contribution in [0, 0.1) is 6.92 Å². The molecule has 0 N–H and O–H groups in total. The zero-order valence-electron chi connectivity index (χ0n) is 12.6. The van der Waals surface area contributed by atoms with Gasteiger partial charge in [0, 0.05) is 26.2 Å². The first-order valence-corrected chi connectivity index (χ1v) is 7.39. The van der Waals surface area contributed by atoms with Crippen LogP contribution in [0.3, 0.4) is 0 Å². The van der Waals surface area contributed by atoms with Gasteiger partial charge < -0.3 is 18.7 Å². The van der Waals surface area contributed by atoms with E-state index < -0.39 is 0 Å². The lowest BCUT2D eigenvalue weighted by molar-refractivity contribution is 0.0714. The lowest BCUT2D eigenvalue weighted by atomic mass is 10.2. The molecule has 3 aromatic heterocycles. The van der Waals surface area contributed by atoms with Crippen LogP contribution in [0.1, 0.15) is 16.2 Å². The molecule has 0 atom stereocenters. The normalized spacial score (nSPS) is 15.3. The fourth-order valence-electron chi connectivity index (χ4n) is 2.82. The topological polar surface area (TPSA) is 88.5 Å². The van der Waals surface area contributed by atoms with Crippen molar-refractivity contribution in [2.24, 2.45) is 0 Å². The van der Waals surface area contributed by atoms with E-state index in [1.165, 1.54) is 12.6 Å². The number of nitrogens with zero attached hydrogens (tertiary/aromatic N) is 5. The maximum atomic E-state index is 12.3. The molecule has 0 aliphatic carbocycles. The highest BCUT2D eigenvalue weighted by Crippen LogP contribution is 2.26. The van der Waals surface area contributed by atoms with Crippen LogP contribution in [0.4, 0.5) is 5.82 Å². The molecule has 1 aliphatic heterocycles. The summed E-state index contributed by atoms with van der Waals surface area (Å²) in [4.78, 5) is 24.7. The summed E-state index contributed by atoms with van der Waals surface area (Å²) in [7, 11) is 0. The van der Waals surface area contributed by atoms with Crippen LogP contribution in [-0.4, -0.2) is 52.1 Å². The molecule has 0 spiro atoms. The first-order chi connectivity index (χ1) is 11.2. The maximum Gasteiger partial charge on any atom is 0.289 e. The van der Waals surface area contributed by atoms with Crippen LogP contribution in [0.15, 0.2) is 33.7 Å². The minimum absolute atomic E-state index is 0.0800. The average molecular weight is 313 g/mol. The maximum absolute atomic E-state index is 12.3. The number of carbonyl (C=O) groups excluding carboxylic acids is 1. The number of piperazine rings is 1. The van der Waals surface area contributed by atoms with Crippen molar-refractivity contribution in [1.82, 2.24) is 20.0 Å². The zero-order chi connectivity index (χ0) is 15.8. The van der Waals surface area contributed by atoms with E-state index in [1.807, 2.05) is 6.92 Å². The van der Waals surface area contributed by atoms with Gasteiger partial charge in [-0.15, -0.1) is 0 Å². The number of hydrogen-bond acceptors (Lipinski definition) is 7. The van der Waals surface area contributed by atoms with Crippen LogP contribution in [0.25, 0.3) is 11.1 Å². The van der Waals surface area contributed by atoms with Gasteiger partial charge in [0.05, 0.1) is 12.0 Å². The van der Waals surface area contributed by atoms with Gasteiger partial charge in [0.25, 0.3) is 11.6 Å². The number of aryl methyl sites for hydroxylation is 1. The summed E-state index contributed by atoms with van der Waals surface area (Å²) in [6.07, 6.45) is 2.98. The number of carbonyl (C=O) groups is 1. The third kappa shape index (κ3) is 2.32. The molecule has 1 saturated heterocycles. The summed E-state index contributed by atoms with van der Waals surface area (Å²) in [5, 5.41) is 4.78. The largest absolute Gasteiger partial charge is 0.459 e. The number of fused-ring (bicyclic) bond motifs is 1. The van der Waals surface area contributed by atoms with E-state index in [9.17, 15) is 4.79 Å². The molecule has 8 heteroatoms. The van der Waals surface area contributed by atoms with E-state index in [0.717, 1.165) is 16.9 Å². The summed E-state index contributed by atoms with van der Waals surface area (Å²) >= 11 is 0. The monoisotopic (exact) mass is 313 g/mol. The summed E-state index contributed by atoms with van der Waals surface area (Å²) < 4.78 is 10.4. The van der Waals surface area contributed by atoms with Crippen molar-refractivity contribution < 1.29 is 13.7 Å². The Morgan fingerprint density at radius 1 is 1.22 bits per heavy atom. The van der Waals surface area contributed by atoms with Crippen molar-refractivity contribution in [3.8, 4) is 0 Å². The molecule has 0 saturated carbocycles. The molecule has 0 aromatic carbocycles. The zero-order valence-corrected chi connectivity index (χ0v) is 12.6. The second-order valence-electron chi connectivity index (χ2n) is 5.40. The molecule has 3 aromatic rings. The average Bonchev–Trinajstić information content (AvgIpc) is 3.25. The molecular formula is C15H15N5O3. The highest BCUT2D eigenvalue weighted by Gasteiger charge is 2.26. The fraction of sp³-hybridized carbons (Fsp3) is 0.333. The first kappa shape index (κ1) is 13.7. The van der Waals surface area contributed by atoms with E-state index in [-0.39, 0.29) is 5.91 Å². The van der Waals surface area contributed by atoms with Gasteiger partial charge >= 0.3 is 0 Å². The van der Waals surface area contributed by atoms with Gasteiger partial charge in [0.2, 0.25) is 0 Å². The quantitative estimate of drug-likeness (QED) is 0.708. The lowest BCUT2D eigenvalue weighted by Crippen LogP contribution is -2.49. The molecule has 0 unspecified atom stereocenters. The van der Waals surface area contributed by atoms with Gasteiger partial charge in [-0.05, 0) is 19.1 Å². The summed E-state index contributed by atoms with van der Waals surface area (Å²) in [6, 6.07) is 3.40. The Kier molecular flexibility index (Phi) is 3.22. The molecule has 1 amide bonds. The highest BCUT2D eigenvalue weighted by molar-refractivity contribution is 5.92. The predicted molar refractivity (Wildman–Crippen MR) is 81.2 cm³/mol. The van der Waals surface area contributed by atoms with Gasteiger partial charge in [-0.2, -0.15) is 4.98 Å². The van der Waals surface area contributed by atoms with Crippen molar-refractivity contribution in [2.75, 3.05) is 31.1 Å². The molecule has 8 nitrogen and oxygen atoms in total. The van der Waals surface area contributed by atoms with Crippen LogP contribution in [-0.2, 0) is 0 Å². The number of anilines is 1. The molecule has 0 radical (unpaired) electrons. The van der Waals surface area contributed by atoms with Crippen LogP contribution < -0.4 is 4.90 Å². The van der Waals surface area contributed by atoms with Gasteiger partial charge in [0.15, 0.2) is 5.76 Å². The van der Waals surface area contributed by atoms with Crippen molar-refractivity contribution >= 4 is 22.8 Å². The van der Waals surface area contributed by atoms with Gasteiger partial charge in [-0.3, -0.25) is 4.79 Å². The first-order valence-electron chi connectivity index (χ1n) is 7.39.